The van der Waals surface area contributed by atoms with Crippen LogP contribution in [-0.2, 0) is 14.3 Å². The highest BCUT2D eigenvalue weighted by Gasteiger charge is 2.15. The van der Waals surface area contributed by atoms with E-state index in [1.54, 1.807) is 0 Å². The summed E-state index contributed by atoms with van der Waals surface area (Å²) in [6, 6.07) is 15.9. The zero-order chi connectivity index (χ0) is 19.6. The third kappa shape index (κ3) is 7.10. The van der Waals surface area contributed by atoms with Crippen LogP contribution in [0.3, 0.4) is 0 Å². The molecule has 0 bridgehead atoms. The monoisotopic (exact) mass is 385 g/mol. The Morgan fingerprint density at radius 3 is 2.48 bits per heavy atom. The molecular weight excluding hydrogens is 358 g/mol. The van der Waals surface area contributed by atoms with E-state index in [2.05, 4.69) is 25.2 Å². The van der Waals surface area contributed by atoms with Crippen molar-refractivity contribution in [1.29, 1.82) is 0 Å². The molecule has 1 atom stereocenters. The number of carbonyl (C=O) groups is 2. The predicted molar refractivity (Wildman–Crippen MR) is 110 cm³/mol. The van der Waals surface area contributed by atoms with Crippen LogP contribution in [0.5, 0.6) is 0 Å². The summed E-state index contributed by atoms with van der Waals surface area (Å²) in [5.74, 6) is -0.477. The largest absolute Gasteiger partial charge is 0.455 e. The summed E-state index contributed by atoms with van der Waals surface area (Å²) in [6.45, 7) is 5.92. The lowest BCUT2D eigenvalue weighted by molar-refractivity contribution is -0.146. The fourth-order valence-electron chi connectivity index (χ4n) is 2.67. The van der Waals surface area contributed by atoms with Crippen molar-refractivity contribution >= 4 is 23.6 Å². The van der Waals surface area contributed by atoms with Gasteiger partial charge in [-0.05, 0) is 49.1 Å². The van der Waals surface area contributed by atoms with Crippen LogP contribution in [0.4, 0.5) is 0 Å². The number of hydrogen-bond acceptors (Lipinski definition) is 4. The molecule has 0 aromatic heterocycles. The molecule has 0 saturated carbocycles. The summed E-state index contributed by atoms with van der Waals surface area (Å²) in [5, 5.41) is 2.95. The fourth-order valence-corrected chi connectivity index (χ4v) is 3.46. The Morgan fingerprint density at radius 2 is 1.81 bits per heavy atom. The van der Waals surface area contributed by atoms with Gasteiger partial charge in [-0.2, -0.15) is 0 Å². The maximum absolute atomic E-state index is 12.2. The van der Waals surface area contributed by atoms with Gasteiger partial charge in [0.25, 0.3) is 5.91 Å². The number of aryl methyl sites for hydroxylation is 2. The standard InChI is InChI=1S/C22H27NO3S/c1-4-8-20(18-9-6-5-7-10-18)23-21(24)14-26-22(25)15-27-19-12-11-16(2)17(3)13-19/h5-7,9-13,20H,4,8,14-15H2,1-3H3,(H,23,24)/t20-/m0/s1. The number of rotatable bonds is 9. The molecule has 2 aromatic carbocycles. The van der Waals surface area contributed by atoms with E-state index in [0.29, 0.717) is 0 Å². The number of nitrogens with one attached hydrogen (secondary N) is 1. The van der Waals surface area contributed by atoms with Crippen molar-refractivity contribution in [1.82, 2.24) is 5.32 Å². The number of hydrogen-bond donors (Lipinski definition) is 1. The third-order valence-electron chi connectivity index (χ3n) is 4.31. The molecule has 0 radical (unpaired) electrons. The molecule has 1 amide bonds. The molecule has 5 heteroatoms. The van der Waals surface area contributed by atoms with Gasteiger partial charge in [-0.1, -0.05) is 49.7 Å². The van der Waals surface area contributed by atoms with Gasteiger partial charge >= 0.3 is 5.97 Å². The summed E-state index contributed by atoms with van der Waals surface area (Å²) in [6.07, 6.45) is 1.79. The Morgan fingerprint density at radius 1 is 1.07 bits per heavy atom. The summed E-state index contributed by atoms with van der Waals surface area (Å²) in [4.78, 5) is 25.1. The van der Waals surface area contributed by atoms with Crippen LogP contribution in [0, 0.1) is 13.8 Å². The topological polar surface area (TPSA) is 55.4 Å². The lowest BCUT2D eigenvalue weighted by Crippen LogP contribution is -2.32. The van der Waals surface area contributed by atoms with Crippen molar-refractivity contribution in [2.24, 2.45) is 0 Å². The molecule has 0 aliphatic carbocycles. The molecule has 27 heavy (non-hydrogen) atoms. The first-order chi connectivity index (χ1) is 13.0. The van der Waals surface area contributed by atoms with Crippen molar-refractivity contribution in [3.05, 3.63) is 65.2 Å². The SMILES string of the molecule is CCC[C@H](NC(=O)COC(=O)CSc1ccc(C)c(C)c1)c1ccccc1. The quantitative estimate of drug-likeness (QED) is 0.506. The lowest BCUT2D eigenvalue weighted by atomic mass is 10.0. The van der Waals surface area contributed by atoms with Gasteiger partial charge in [0.1, 0.15) is 0 Å². The number of thioether (sulfide) groups is 1. The van der Waals surface area contributed by atoms with Gasteiger partial charge in [0.05, 0.1) is 11.8 Å². The molecule has 0 heterocycles. The number of ether oxygens (including phenoxy) is 1. The molecule has 0 aliphatic heterocycles. The summed E-state index contributed by atoms with van der Waals surface area (Å²) < 4.78 is 5.12. The minimum absolute atomic E-state index is 0.0627. The molecule has 2 aromatic rings. The van der Waals surface area contributed by atoms with Crippen LogP contribution in [0.1, 0.15) is 42.5 Å². The first kappa shape index (κ1) is 21.0. The second-order valence-corrected chi connectivity index (χ2v) is 7.56. The van der Waals surface area contributed by atoms with Crippen molar-refractivity contribution in [2.45, 2.75) is 44.6 Å². The first-order valence-corrected chi connectivity index (χ1v) is 10.2. The molecule has 4 nitrogen and oxygen atoms in total. The van der Waals surface area contributed by atoms with E-state index in [9.17, 15) is 9.59 Å². The van der Waals surface area contributed by atoms with Crippen molar-refractivity contribution < 1.29 is 14.3 Å². The first-order valence-electron chi connectivity index (χ1n) is 9.19. The van der Waals surface area contributed by atoms with Crippen LogP contribution in [0.2, 0.25) is 0 Å². The zero-order valence-corrected chi connectivity index (χ0v) is 17.0. The zero-order valence-electron chi connectivity index (χ0n) is 16.2. The van der Waals surface area contributed by atoms with Gasteiger partial charge in [0.2, 0.25) is 0 Å². The Kier molecular flexibility index (Phi) is 8.40. The normalized spacial score (nSPS) is 11.7. The van der Waals surface area contributed by atoms with Crippen LogP contribution in [0.15, 0.2) is 53.4 Å². The van der Waals surface area contributed by atoms with Gasteiger partial charge in [-0.25, -0.2) is 0 Å². The van der Waals surface area contributed by atoms with Crippen molar-refractivity contribution in [3.8, 4) is 0 Å². The highest BCUT2D eigenvalue weighted by molar-refractivity contribution is 8.00. The van der Waals surface area contributed by atoms with Gasteiger partial charge in [-0.3, -0.25) is 9.59 Å². The minimum atomic E-state index is -0.389. The van der Waals surface area contributed by atoms with E-state index in [1.807, 2.05) is 49.4 Å². The van der Waals surface area contributed by atoms with Gasteiger partial charge in [0, 0.05) is 4.90 Å². The molecule has 144 valence electrons. The average molecular weight is 386 g/mol. The molecule has 0 spiro atoms. The van der Waals surface area contributed by atoms with Crippen LogP contribution >= 0.6 is 11.8 Å². The molecule has 0 unspecified atom stereocenters. The van der Waals surface area contributed by atoms with E-state index >= 15 is 0 Å². The maximum atomic E-state index is 12.2. The van der Waals surface area contributed by atoms with E-state index in [-0.39, 0.29) is 30.3 Å². The second-order valence-electron chi connectivity index (χ2n) is 6.51. The van der Waals surface area contributed by atoms with Gasteiger partial charge < -0.3 is 10.1 Å². The Hall–Kier alpha value is -2.27. The van der Waals surface area contributed by atoms with E-state index in [1.165, 1.54) is 22.9 Å². The molecule has 0 saturated heterocycles. The van der Waals surface area contributed by atoms with Gasteiger partial charge in [0.15, 0.2) is 6.61 Å². The summed E-state index contributed by atoms with van der Waals surface area (Å²) in [7, 11) is 0. The third-order valence-corrected chi connectivity index (χ3v) is 5.28. The van der Waals surface area contributed by atoms with Crippen LogP contribution in [-0.4, -0.2) is 24.2 Å². The maximum Gasteiger partial charge on any atom is 0.316 e. The van der Waals surface area contributed by atoms with E-state index < -0.39 is 0 Å². The Balaban J connectivity index is 1.78. The molecule has 0 fully saturated rings. The minimum Gasteiger partial charge on any atom is -0.455 e. The smallest absolute Gasteiger partial charge is 0.316 e. The fraction of sp³-hybridized carbons (Fsp3) is 0.364. The molecule has 0 aliphatic rings. The van der Waals surface area contributed by atoms with Crippen molar-refractivity contribution in [3.63, 3.8) is 0 Å². The highest BCUT2D eigenvalue weighted by atomic mass is 32.2. The lowest BCUT2D eigenvalue weighted by Gasteiger charge is -2.18. The predicted octanol–water partition coefficient (Wildman–Crippen LogP) is 4.60. The number of carbonyl (C=O) groups excluding carboxylic acids is 2. The van der Waals surface area contributed by atoms with Crippen LogP contribution < -0.4 is 5.32 Å². The highest BCUT2D eigenvalue weighted by Crippen LogP contribution is 2.21. The Labute approximate surface area is 165 Å². The number of esters is 1. The van der Waals surface area contributed by atoms with Crippen LogP contribution in [0.25, 0.3) is 0 Å². The number of benzene rings is 2. The molecular formula is C22H27NO3S. The average Bonchev–Trinajstić information content (AvgIpc) is 2.67. The molecule has 1 N–H and O–H groups in total. The summed E-state index contributed by atoms with van der Waals surface area (Å²) >= 11 is 1.42. The number of amides is 1. The molecule has 2 rings (SSSR count). The second kappa shape index (κ2) is 10.8. The Bertz CT molecular complexity index is 761. The summed E-state index contributed by atoms with van der Waals surface area (Å²) in [5.41, 5.74) is 3.47. The van der Waals surface area contributed by atoms with Crippen molar-refractivity contribution in [2.75, 3.05) is 12.4 Å². The van der Waals surface area contributed by atoms with E-state index in [0.717, 1.165) is 23.3 Å². The van der Waals surface area contributed by atoms with Gasteiger partial charge in [-0.15, -0.1) is 11.8 Å². The van der Waals surface area contributed by atoms with E-state index in [4.69, 9.17) is 4.74 Å².